The minimum Gasteiger partial charge on any atom is -0.306 e. The smallest absolute Gasteiger partial charge is 0.306 e. The van der Waals surface area contributed by atoms with E-state index in [0.29, 0.717) is 5.56 Å². The quantitative estimate of drug-likeness (QED) is 0.729. The molecule has 0 spiro atoms. The van der Waals surface area contributed by atoms with E-state index in [0.717, 1.165) is 6.07 Å². The summed E-state index contributed by atoms with van der Waals surface area (Å²) in [5.74, 6) is -0.977. The van der Waals surface area contributed by atoms with Crippen LogP contribution in [0.1, 0.15) is 10.4 Å². The Hall–Kier alpha value is -2.96. The topological polar surface area (TPSA) is 83.1 Å². The number of nitrogens with one attached hydrogen (secondary N) is 3. The van der Waals surface area contributed by atoms with E-state index < -0.39 is 17.8 Å². The van der Waals surface area contributed by atoms with E-state index >= 15 is 0 Å². The van der Waals surface area contributed by atoms with Crippen LogP contribution in [0.15, 0.2) is 48.8 Å². The summed E-state index contributed by atoms with van der Waals surface area (Å²) >= 11 is 0. The van der Waals surface area contributed by atoms with E-state index in [1.54, 1.807) is 12.1 Å². The second-order valence-corrected chi connectivity index (χ2v) is 3.79. The lowest BCUT2D eigenvalue weighted by Crippen LogP contribution is -2.43. The van der Waals surface area contributed by atoms with Crippen LogP contribution < -0.4 is 16.2 Å². The van der Waals surface area contributed by atoms with Crippen LogP contribution in [0.5, 0.6) is 0 Å². The molecule has 20 heavy (non-hydrogen) atoms. The molecule has 0 bridgehead atoms. The second kappa shape index (κ2) is 6.28. The van der Waals surface area contributed by atoms with Crippen molar-refractivity contribution in [3.05, 3.63) is 60.2 Å². The van der Waals surface area contributed by atoms with Gasteiger partial charge in [-0.25, -0.2) is 14.6 Å². The third-order valence-corrected chi connectivity index (χ3v) is 2.30. The molecule has 0 saturated heterocycles. The first-order chi connectivity index (χ1) is 9.65. The van der Waals surface area contributed by atoms with Crippen molar-refractivity contribution in [3.63, 3.8) is 0 Å². The molecule has 0 aliphatic rings. The van der Waals surface area contributed by atoms with Crippen molar-refractivity contribution >= 4 is 17.6 Å². The number of hydrogen-bond acceptors (Lipinski definition) is 3. The molecule has 0 aliphatic heterocycles. The summed E-state index contributed by atoms with van der Waals surface area (Å²) in [6.07, 6.45) is 2.89. The molecule has 0 radical (unpaired) electrons. The number of rotatable bonds is 2. The Morgan fingerprint density at radius 1 is 1.10 bits per heavy atom. The first kappa shape index (κ1) is 13.5. The van der Waals surface area contributed by atoms with Gasteiger partial charge in [-0.3, -0.25) is 15.2 Å². The van der Waals surface area contributed by atoms with Gasteiger partial charge in [0.25, 0.3) is 5.91 Å². The number of halogens is 1. The molecule has 7 heteroatoms. The van der Waals surface area contributed by atoms with Crippen molar-refractivity contribution in [3.8, 4) is 0 Å². The van der Waals surface area contributed by atoms with Gasteiger partial charge in [-0.05, 0) is 30.3 Å². The van der Waals surface area contributed by atoms with Crippen molar-refractivity contribution < 1.29 is 14.0 Å². The standard InChI is InChI=1S/C13H11FN4O2/c14-10-4-1-5-11(7-10)16-13(20)18-17-12(19)9-3-2-6-15-8-9/h1-8H,(H,17,19)(H2,16,18,20). The van der Waals surface area contributed by atoms with Gasteiger partial charge in [-0.15, -0.1) is 0 Å². The van der Waals surface area contributed by atoms with Crippen LogP contribution in [-0.4, -0.2) is 16.9 Å². The summed E-state index contributed by atoms with van der Waals surface area (Å²) in [7, 11) is 0. The number of carbonyl (C=O) groups excluding carboxylic acids is 2. The lowest BCUT2D eigenvalue weighted by molar-refractivity contribution is 0.0937. The number of aromatic nitrogens is 1. The Morgan fingerprint density at radius 2 is 1.95 bits per heavy atom. The van der Waals surface area contributed by atoms with Crippen molar-refractivity contribution in [1.82, 2.24) is 15.8 Å². The minimum absolute atomic E-state index is 0.276. The van der Waals surface area contributed by atoms with Crippen LogP contribution in [-0.2, 0) is 0 Å². The van der Waals surface area contributed by atoms with Gasteiger partial charge >= 0.3 is 6.03 Å². The van der Waals surface area contributed by atoms with E-state index in [2.05, 4.69) is 21.2 Å². The fraction of sp³-hybridized carbons (Fsp3) is 0. The van der Waals surface area contributed by atoms with Gasteiger partial charge in [0.15, 0.2) is 0 Å². The monoisotopic (exact) mass is 274 g/mol. The maximum absolute atomic E-state index is 12.9. The highest BCUT2D eigenvalue weighted by atomic mass is 19.1. The lowest BCUT2D eigenvalue weighted by Gasteiger charge is -2.08. The SMILES string of the molecule is O=C(NNC(=O)c1cccnc1)Nc1cccc(F)c1. The van der Waals surface area contributed by atoms with Gasteiger partial charge in [0.1, 0.15) is 5.82 Å². The van der Waals surface area contributed by atoms with E-state index in [1.165, 1.54) is 30.6 Å². The van der Waals surface area contributed by atoms with Gasteiger partial charge in [0.2, 0.25) is 0 Å². The van der Waals surface area contributed by atoms with Gasteiger partial charge in [0, 0.05) is 18.1 Å². The molecule has 0 atom stereocenters. The zero-order valence-corrected chi connectivity index (χ0v) is 10.3. The Balaban J connectivity index is 1.85. The van der Waals surface area contributed by atoms with Crippen LogP contribution in [0.4, 0.5) is 14.9 Å². The number of urea groups is 1. The third kappa shape index (κ3) is 3.77. The molecular formula is C13H11FN4O2. The van der Waals surface area contributed by atoms with E-state index in [1.807, 2.05) is 0 Å². The predicted molar refractivity (Wildman–Crippen MR) is 70.3 cm³/mol. The lowest BCUT2D eigenvalue weighted by atomic mass is 10.3. The van der Waals surface area contributed by atoms with Gasteiger partial charge in [-0.2, -0.15) is 0 Å². The van der Waals surface area contributed by atoms with Crippen molar-refractivity contribution in [1.29, 1.82) is 0 Å². The number of anilines is 1. The molecule has 102 valence electrons. The summed E-state index contributed by atoms with van der Waals surface area (Å²) in [5, 5.41) is 2.37. The van der Waals surface area contributed by atoms with Crippen molar-refractivity contribution in [2.45, 2.75) is 0 Å². The van der Waals surface area contributed by atoms with Gasteiger partial charge in [0.05, 0.1) is 5.56 Å². The summed E-state index contributed by atoms with van der Waals surface area (Å²) < 4.78 is 12.9. The predicted octanol–water partition coefficient (Wildman–Crippen LogP) is 1.69. The minimum atomic E-state index is -0.687. The molecule has 3 N–H and O–H groups in total. The zero-order valence-electron chi connectivity index (χ0n) is 10.3. The maximum atomic E-state index is 12.9. The maximum Gasteiger partial charge on any atom is 0.337 e. The Labute approximate surface area is 114 Å². The van der Waals surface area contributed by atoms with Crippen molar-refractivity contribution in [2.75, 3.05) is 5.32 Å². The summed E-state index contributed by atoms with van der Waals surface area (Å²) in [5.41, 5.74) is 4.93. The Kier molecular flexibility index (Phi) is 4.23. The van der Waals surface area contributed by atoms with Crippen LogP contribution in [0.2, 0.25) is 0 Å². The molecule has 2 aromatic rings. The molecule has 0 saturated carbocycles. The molecule has 2 rings (SSSR count). The molecule has 6 nitrogen and oxygen atoms in total. The first-order valence-electron chi connectivity index (χ1n) is 5.68. The largest absolute Gasteiger partial charge is 0.337 e. The molecule has 0 unspecified atom stereocenters. The van der Waals surface area contributed by atoms with Crippen molar-refractivity contribution in [2.24, 2.45) is 0 Å². The average molecular weight is 274 g/mol. The molecular weight excluding hydrogens is 263 g/mol. The molecule has 3 amide bonds. The highest BCUT2D eigenvalue weighted by Gasteiger charge is 2.07. The van der Waals surface area contributed by atoms with E-state index in [4.69, 9.17) is 0 Å². The van der Waals surface area contributed by atoms with Gasteiger partial charge in [-0.1, -0.05) is 6.07 Å². The normalized spacial score (nSPS) is 9.65. The first-order valence-corrected chi connectivity index (χ1v) is 5.68. The zero-order chi connectivity index (χ0) is 14.4. The highest BCUT2D eigenvalue weighted by molar-refractivity contribution is 5.96. The fourth-order valence-corrected chi connectivity index (χ4v) is 1.41. The highest BCUT2D eigenvalue weighted by Crippen LogP contribution is 2.08. The molecule has 0 aliphatic carbocycles. The van der Waals surface area contributed by atoms with Gasteiger partial charge < -0.3 is 5.32 Å². The number of pyridine rings is 1. The Bertz CT molecular complexity index is 619. The molecule has 1 aromatic carbocycles. The van der Waals surface area contributed by atoms with Crippen LogP contribution in [0, 0.1) is 5.82 Å². The van der Waals surface area contributed by atoms with Crippen LogP contribution in [0.3, 0.4) is 0 Å². The number of nitrogens with zero attached hydrogens (tertiary/aromatic N) is 1. The fourth-order valence-electron chi connectivity index (χ4n) is 1.41. The number of hydrogen-bond donors (Lipinski definition) is 3. The second-order valence-electron chi connectivity index (χ2n) is 3.79. The number of benzene rings is 1. The Morgan fingerprint density at radius 3 is 2.65 bits per heavy atom. The molecule has 1 aromatic heterocycles. The van der Waals surface area contributed by atoms with E-state index in [-0.39, 0.29) is 5.69 Å². The summed E-state index contributed by atoms with van der Waals surface area (Å²) in [6.45, 7) is 0. The molecule has 1 heterocycles. The number of hydrazine groups is 1. The van der Waals surface area contributed by atoms with Crippen LogP contribution in [0.25, 0.3) is 0 Å². The van der Waals surface area contributed by atoms with E-state index in [9.17, 15) is 14.0 Å². The summed E-state index contributed by atoms with van der Waals surface area (Å²) in [4.78, 5) is 26.9. The molecule has 0 fully saturated rings. The number of amides is 3. The van der Waals surface area contributed by atoms with Crippen LogP contribution >= 0.6 is 0 Å². The third-order valence-electron chi connectivity index (χ3n) is 2.30. The number of carbonyl (C=O) groups is 2. The summed E-state index contributed by atoms with van der Waals surface area (Å²) in [6, 6.07) is 7.85. The average Bonchev–Trinajstić information content (AvgIpc) is 2.46.